The molecule has 3 aromatic rings. The molecule has 2 N–H and O–H groups in total. The predicted molar refractivity (Wildman–Crippen MR) is 109 cm³/mol. The van der Waals surface area contributed by atoms with Gasteiger partial charge in [0.05, 0.1) is 5.69 Å². The van der Waals surface area contributed by atoms with Crippen LogP contribution in [0.25, 0.3) is 22.2 Å². The van der Waals surface area contributed by atoms with Crippen molar-refractivity contribution in [2.45, 2.75) is 31.3 Å². The fourth-order valence-electron chi connectivity index (χ4n) is 4.48. The van der Waals surface area contributed by atoms with Crippen LogP contribution in [0.2, 0.25) is 5.02 Å². The van der Waals surface area contributed by atoms with Crippen LogP contribution in [0.15, 0.2) is 48.5 Å². The number of hydrogen-bond acceptors (Lipinski definition) is 2. The standard InChI is InChI=1S/C22H20ClN3O2/c23-16-8-3-1-7-14(16)20-15(13-6-2-4-9-17(13)24-20)12-18-22(28)26-11-5-10-19(26)21(27)25-18/h1-4,6-9,18-19,24H,5,10-12H2,(H,25,27)/t18-,19+/m0/s1. The molecule has 0 unspecified atom stereocenters. The van der Waals surface area contributed by atoms with Crippen LogP contribution in [0.1, 0.15) is 18.4 Å². The number of carbonyl (C=O) groups is 2. The second-order valence-electron chi connectivity index (χ2n) is 7.46. The average molecular weight is 394 g/mol. The normalized spacial score (nSPS) is 21.8. The molecule has 1 aromatic heterocycles. The van der Waals surface area contributed by atoms with Gasteiger partial charge in [-0.25, -0.2) is 0 Å². The van der Waals surface area contributed by atoms with Crippen LogP contribution in [-0.4, -0.2) is 40.3 Å². The Balaban J connectivity index is 1.59. The van der Waals surface area contributed by atoms with E-state index in [0.717, 1.165) is 40.6 Å². The van der Waals surface area contributed by atoms with Gasteiger partial charge in [0.1, 0.15) is 12.1 Å². The quantitative estimate of drug-likeness (QED) is 0.715. The van der Waals surface area contributed by atoms with Gasteiger partial charge >= 0.3 is 0 Å². The lowest BCUT2D eigenvalue weighted by atomic mass is 9.96. The lowest BCUT2D eigenvalue weighted by Crippen LogP contribution is -2.61. The zero-order valence-corrected chi connectivity index (χ0v) is 16.0. The van der Waals surface area contributed by atoms with Crippen molar-refractivity contribution in [3.8, 4) is 11.3 Å². The van der Waals surface area contributed by atoms with E-state index >= 15 is 0 Å². The van der Waals surface area contributed by atoms with Gasteiger partial charge in [-0.3, -0.25) is 9.59 Å². The molecular weight excluding hydrogens is 374 g/mol. The van der Waals surface area contributed by atoms with E-state index in [9.17, 15) is 9.59 Å². The molecule has 0 saturated carbocycles. The van der Waals surface area contributed by atoms with Crippen molar-refractivity contribution in [2.24, 2.45) is 0 Å². The van der Waals surface area contributed by atoms with Crippen LogP contribution in [0.4, 0.5) is 0 Å². The van der Waals surface area contributed by atoms with Gasteiger partial charge in [-0.15, -0.1) is 0 Å². The lowest BCUT2D eigenvalue weighted by Gasteiger charge is -2.34. The average Bonchev–Trinajstić information content (AvgIpc) is 3.32. The third-order valence-electron chi connectivity index (χ3n) is 5.82. The van der Waals surface area contributed by atoms with Crippen molar-refractivity contribution in [2.75, 3.05) is 6.54 Å². The number of rotatable bonds is 3. The lowest BCUT2D eigenvalue weighted by molar-refractivity contribution is -0.146. The molecule has 0 radical (unpaired) electrons. The van der Waals surface area contributed by atoms with Crippen LogP contribution in [0.3, 0.4) is 0 Å². The Hall–Kier alpha value is -2.79. The summed E-state index contributed by atoms with van der Waals surface area (Å²) in [5, 5.41) is 4.65. The zero-order chi connectivity index (χ0) is 19.3. The molecule has 2 atom stereocenters. The Bertz CT molecular complexity index is 1090. The van der Waals surface area contributed by atoms with E-state index in [1.807, 2.05) is 48.5 Å². The molecular formula is C22H20ClN3O2. The number of nitrogens with zero attached hydrogens (tertiary/aromatic N) is 1. The summed E-state index contributed by atoms with van der Waals surface area (Å²) in [4.78, 5) is 30.7. The molecule has 5 nitrogen and oxygen atoms in total. The molecule has 3 heterocycles. The van der Waals surface area contributed by atoms with Crippen molar-refractivity contribution in [1.29, 1.82) is 0 Å². The van der Waals surface area contributed by atoms with Crippen molar-refractivity contribution < 1.29 is 9.59 Å². The third kappa shape index (κ3) is 2.69. The Morgan fingerprint density at radius 1 is 1.07 bits per heavy atom. The van der Waals surface area contributed by atoms with Gasteiger partial charge in [0.15, 0.2) is 0 Å². The SMILES string of the molecule is O=C1N[C@@H](Cc2c(-c3ccccc3Cl)[nH]c3ccccc23)C(=O)N2CCC[C@H]12. The van der Waals surface area contributed by atoms with E-state index in [4.69, 9.17) is 11.6 Å². The molecule has 2 aromatic carbocycles. The van der Waals surface area contributed by atoms with E-state index in [0.29, 0.717) is 18.0 Å². The summed E-state index contributed by atoms with van der Waals surface area (Å²) in [6.45, 7) is 0.665. The number of aromatic nitrogens is 1. The highest BCUT2D eigenvalue weighted by atomic mass is 35.5. The van der Waals surface area contributed by atoms with E-state index in [2.05, 4.69) is 10.3 Å². The number of aromatic amines is 1. The second-order valence-corrected chi connectivity index (χ2v) is 7.87. The van der Waals surface area contributed by atoms with E-state index in [-0.39, 0.29) is 17.9 Å². The van der Waals surface area contributed by atoms with E-state index < -0.39 is 6.04 Å². The molecule has 142 valence electrons. The zero-order valence-electron chi connectivity index (χ0n) is 15.2. The molecule has 2 aliphatic rings. The number of para-hydroxylation sites is 1. The van der Waals surface area contributed by atoms with Gasteiger partial charge in [0.2, 0.25) is 11.8 Å². The summed E-state index contributed by atoms with van der Waals surface area (Å²) >= 11 is 6.46. The van der Waals surface area contributed by atoms with Crippen LogP contribution >= 0.6 is 11.6 Å². The van der Waals surface area contributed by atoms with Gasteiger partial charge in [0, 0.05) is 34.5 Å². The van der Waals surface area contributed by atoms with Crippen LogP contribution in [0.5, 0.6) is 0 Å². The highest BCUT2D eigenvalue weighted by molar-refractivity contribution is 6.33. The number of benzene rings is 2. The van der Waals surface area contributed by atoms with Crippen LogP contribution in [-0.2, 0) is 16.0 Å². The maximum absolute atomic E-state index is 13.0. The fourth-order valence-corrected chi connectivity index (χ4v) is 4.71. The summed E-state index contributed by atoms with van der Waals surface area (Å²) in [5.74, 6) is -0.0290. The number of nitrogens with one attached hydrogen (secondary N) is 2. The van der Waals surface area contributed by atoms with Crippen molar-refractivity contribution in [1.82, 2.24) is 15.2 Å². The number of amides is 2. The molecule has 6 heteroatoms. The Labute approximate surface area is 167 Å². The van der Waals surface area contributed by atoms with Gasteiger partial charge in [-0.1, -0.05) is 48.0 Å². The summed E-state index contributed by atoms with van der Waals surface area (Å²) in [5.41, 5.74) is 3.78. The van der Waals surface area contributed by atoms with Gasteiger partial charge < -0.3 is 15.2 Å². The van der Waals surface area contributed by atoms with E-state index in [1.54, 1.807) is 4.90 Å². The first-order chi connectivity index (χ1) is 13.6. The molecule has 2 amide bonds. The molecule has 5 rings (SSSR count). The fraction of sp³-hybridized carbons (Fsp3) is 0.273. The molecule has 2 aliphatic heterocycles. The summed E-state index contributed by atoms with van der Waals surface area (Å²) < 4.78 is 0. The Morgan fingerprint density at radius 2 is 1.86 bits per heavy atom. The Kier molecular flexibility index (Phi) is 4.13. The van der Waals surface area contributed by atoms with E-state index in [1.165, 1.54) is 0 Å². The van der Waals surface area contributed by atoms with Crippen molar-refractivity contribution >= 4 is 34.3 Å². The highest BCUT2D eigenvalue weighted by Gasteiger charge is 2.43. The maximum Gasteiger partial charge on any atom is 0.246 e. The number of H-pyrrole nitrogens is 1. The first-order valence-electron chi connectivity index (χ1n) is 9.59. The van der Waals surface area contributed by atoms with Crippen LogP contribution < -0.4 is 5.32 Å². The largest absolute Gasteiger partial charge is 0.354 e. The third-order valence-corrected chi connectivity index (χ3v) is 6.15. The monoisotopic (exact) mass is 393 g/mol. The maximum atomic E-state index is 13.0. The van der Waals surface area contributed by atoms with Crippen LogP contribution in [0, 0.1) is 0 Å². The molecule has 0 bridgehead atoms. The summed E-state index contributed by atoms with van der Waals surface area (Å²) in [6.07, 6.45) is 2.06. The number of carbonyl (C=O) groups excluding carboxylic acids is 2. The number of piperazine rings is 1. The topological polar surface area (TPSA) is 65.2 Å². The minimum absolute atomic E-state index is 0.0116. The first-order valence-corrected chi connectivity index (χ1v) is 9.96. The van der Waals surface area contributed by atoms with Crippen molar-refractivity contribution in [3.05, 3.63) is 59.1 Å². The molecule has 28 heavy (non-hydrogen) atoms. The first kappa shape index (κ1) is 17.3. The number of halogens is 1. The smallest absolute Gasteiger partial charge is 0.246 e. The minimum atomic E-state index is -0.553. The van der Waals surface area contributed by atoms with Crippen molar-refractivity contribution in [3.63, 3.8) is 0 Å². The highest BCUT2D eigenvalue weighted by Crippen LogP contribution is 2.35. The summed E-state index contributed by atoms with van der Waals surface area (Å²) in [6, 6.07) is 14.8. The molecule has 2 saturated heterocycles. The Morgan fingerprint density at radius 3 is 2.71 bits per heavy atom. The number of hydrogen-bond donors (Lipinski definition) is 2. The minimum Gasteiger partial charge on any atom is -0.354 e. The second kappa shape index (κ2) is 6.67. The summed E-state index contributed by atoms with van der Waals surface area (Å²) in [7, 11) is 0. The van der Waals surface area contributed by atoms with Gasteiger partial charge in [-0.05, 0) is 30.5 Å². The predicted octanol–water partition coefficient (Wildman–Crippen LogP) is 3.52. The van der Waals surface area contributed by atoms with Gasteiger partial charge in [0.25, 0.3) is 0 Å². The van der Waals surface area contributed by atoms with Gasteiger partial charge in [-0.2, -0.15) is 0 Å². The molecule has 2 fully saturated rings. The number of fused-ring (bicyclic) bond motifs is 2. The molecule has 0 aliphatic carbocycles. The molecule has 0 spiro atoms.